The van der Waals surface area contributed by atoms with Gasteiger partial charge in [0.2, 0.25) is 0 Å². The highest BCUT2D eigenvalue weighted by Crippen LogP contribution is 2.26. The molecule has 2 rings (SSSR count). The van der Waals surface area contributed by atoms with E-state index in [1.807, 2.05) is 17.8 Å². The molecule has 4 nitrogen and oxygen atoms in total. The number of nitrogens with zero attached hydrogens (tertiary/aromatic N) is 3. The van der Waals surface area contributed by atoms with Crippen LogP contribution in [0.2, 0.25) is 0 Å². The molecule has 1 saturated heterocycles. The van der Waals surface area contributed by atoms with Crippen molar-refractivity contribution >= 4 is 21.7 Å². The van der Waals surface area contributed by atoms with Crippen LogP contribution >= 0.6 is 15.9 Å². The molecular formula is C9H14BrN3O. The Labute approximate surface area is 91.6 Å². The van der Waals surface area contributed by atoms with Gasteiger partial charge in [0.25, 0.3) is 0 Å². The number of halogens is 1. The number of anilines is 1. The van der Waals surface area contributed by atoms with Crippen molar-refractivity contribution in [1.29, 1.82) is 0 Å². The summed E-state index contributed by atoms with van der Waals surface area (Å²) in [5.74, 6) is 1.08. The molecule has 1 aliphatic rings. The van der Waals surface area contributed by atoms with Gasteiger partial charge in [-0.1, -0.05) is 0 Å². The van der Waals surface area contributed by atoms with Gasteiger partial charge in [0, 0.05) is 19.7 Å². The minimum Gasteiger partial charge on any atom is -0.394 e. The Bertz CT molecular complexity index is 326. The van der Waals surface area contributed by atoms with Gasteiger partial charge in [0.15, 0.2) is 0 Å². The van der Waals surface area contributed by atoms with Crippen LogP contribution in [0.4, 0.5) is 5.82 Å². The van der Waals surface area contributed by atoms with Crippen LogP contribution in [0.25, 0.3) is 0 Å². The van der Waals surface area contributed by atoms with Gasteiger partial charge < -0.3 is 10.0 Å². The molecule has 1 atom stereocenters. The van der Waals surface area contributed by atoms with Crippen LogP contribution in [0.15, 0.2) is 10.7 Å². The van der Waals surface area contributed by atoms with Gasteiger partial charge in [-0.3, -0.25) is 4.68 Å². The van der Waals surface area contributed by atoms with E-state index in [0.717, 1.165) is 29.8 Å². The minimum absolute atomic E-state index is 0.225. The fraction of sp³-hybridized carbons (Fsp3) is 0.667. The molecule has 5 heteroatoms. The molecule has 1 aliphatic heterocycles. The van der Waals surface area contributed by atoms with E-state index in [9.17, 15) is 5.11 Å². The second-order valence-electron chi connectivity index (χ2n) is 3.62. The Hall–Kier alpha value is -0.550. The number of rotatable bonds is 2. The highest BCUT2D eigenvalue weighted by Gasteiger charge is 2.26. The number of aromatic nitrogens is 2. The van der Waals surface area contributed by atoms with Crippen LogP contribution in [-0.4, -0.2) is 34.1 Å². The van der Waals surface area contributed by atoms with Crippen LogP contribution in [0.5, 0.6) is 0 Å². The lowest BCUT2D eigenvalue weighted by atomic mass is 10.2. The lowest BCUT2D eigenvalue weighted by Gasteiger charge is -2.24. The van der Waals surface area contributed by atoms with Gasteiger partial charge in [0.05, 0.1) is 12.6 Å². The first-order valence-corrected chi connectivity index (χ1v) is 5.58. The lowest BCUT2D eigenvalue weighted by Crippen LogP contribution is -2.33. The summed E-state index contributed by atoms with van der Waals surface area (Å²) < 4.78 is 2.69. The summed E-state index contributed by atoms with van der Waals surface area (Å²) in [7, 11) is 1.92. The summed E-state index contributed by atoms with van der Waals surface area (Å²) >= 11 is 3.35. The SMILES string of the molecule is Cn1nc(Br)cc1N1CCC[C@@H]1CO. The van der Waals surface area contributed by atoms with Crippen molar-refractivity contribution in [2.75, 3.05) is 18.1 Å². The first-order chi connectivity index (χ1) is 6.72. The molecule has 1 aromatic rings. The highest BCUT2D eigenvalue weighted by atomic mass is 79.9. The molecule has 1 N–H and O–H groups in total. The van der Waals surface area contributed by atoms with E-state index in [2.05, 4.69) is 25.9 Å². The molecular weight excluding hydrogens is 246 g/mol. The smallest absolute Gasteiger partial charge is 0.130 e. The normalized spacial score (nSPS) is 21.9. The fourth-order valence-electron chi connectivity index (χ4n) is 2.02. The molecule has 0 bridgehead atoms. The van der Waals surface area contributed by atoms with Crippen molar-refractivity contribution in [3.8, 4) is 0 Å². The zero-order valence-corrected chi connectivity index (χ0v) is 9.74. The van der Waals surface area contributed by atoms with Crippen LogP contribution in [0.3, 0.4) is 0 Å². The molecule has 0 unspecified atom stereocenters. The Morgan fingerprint density at radius 2 is 2.50 bits per heavy atom. The second-order valence-corrected chi connectivity index (χ2v) is 4.43. The quantitative estimate of drug-likeness (QED) is 0.867. The molecule has 0 aliphatic carbocycles. The van der Waals surface area contributed by atoms with Crippen LogP contribution in [0.1, 0.15) is 12.8 Å². The maximum absolute atomic E-state index is 9.21. The van der Waals surface area contributed by atoms with Gasteiger partial charge in [-0.2, -0.15) is 5.10 Å². The fourth-order valence-corrected chi connectivity index (χ4v) is 2.46. The van der Waals surface area contributed by atoms with Crippen molar-refractivity contribution in [2.24, 2.45) is 7.05 Å². The van der Waals surface area contributed by atoms with E-state index in [4.69, 9.17) is 0 Å². The topological polar surface area (TPSA) is 41.3 Å². The van der Waals surface area contributed by atoms with Gasteiger partial charge in [-0.05, 0) is 28.8 Å². The van der Waals surface area contributed by atoms with Crippen molar-refractivity contribution in [2.45, 2.75) is 18.9 Å². The van der Waals surface area contributed by atoms with Gasteiger partial charge in [-0.15, -0.1) is 0 Å². The summed E-state index contributed by atoms with van der Waals surface area (Å²) in [5.41, 5.74) is 0. The number of hydrogen-bond acceptors (Lipinski definition) is 3. The summed E-state index contributed by atoms with van der Waals surface area (Å²) in [4.78, 5) is 2.22. The average molecular weight is 260 g/mol. The van der Waals surface area contributed by atoms with Crippen molar-refractivity contribution in [3.63, 3.8) is 0 Å². The Kier molecular flexibility index (Phi) is 2.78. The number of aryl methyl sites for hydroxylation is 1. The van der Waals surface area contributed by atoms with E-state index < -0.39 is 0 Å². The lowest BCUT2D eigenvalue weighted by molar-refractivity contribution is 0.265. The summed E-state index contributed by atoms with van der Waals surface area (Å²) in [6.45, 7) is 1.24. The Morgan fingerprint density at radius 3 is 3.07 bits per heavy atom. The number of aliphatic hydroxyl groups excluding tert-OH is 1. The third-order valence-corrected chi connectivity index (χ3v) is 3.09. The molecule has 0 spiro atoms. The third-order valence-electron chi connectivity index (χ3n) is 2.71. The molecule has 1 fully saturated rings. The summed E-state index contributed by atoms with van der Waals surface area (Å²) in [5, 5.41) is 13.4. The van der Waals surface area contributed by atoms with Crippen molar-refractivity contribution in [3.05, 3.63) is 10.7 Å². The van der Waals surface area contributed by atoms with Crippen LogP contribution in [-0.2, 0) is 7.05 Å². The zero-order chi connectivity index (χ0) is 10.1. The maximum Gasteiger partial charge on any atom is 0.130 e. The first-order valence-electron chi connectivity index (χ1n) is 4.79. The average Bonchev–Trinajstić information content (AvgIpc) is 2.71. The molecule has 0 radical (unpaired) electrons. The Balaban J connectivity index is 2.25. The zero-order valence-electron chi connectivity index (χ0n) is 8.15. The highest BCUT2D eigenvalue weighted by molar-refractivity contribution is 9.10. The van der Waals surface area contributed by atoms with E-state index in [-0.39, 0.29) is 12.6 Å². The predicted molar refractivity (Wildman–Crippen MR) is 58.4 cm³/mol. The largest absolute Gasteiger partial charge is 0.394 e. The molecule has 0 aromatic carbocycles. The van der Waals surface area contributed by atoms with Crippen LogP contribution < -0.4 is 4.90 Å². The standard InChI is InChI=1S/C9H14BrN3O/c1-12-9(5-8(10)11-12)13-4-2-3-7(13)6-14/h5,7,14H,2-4,6H2,1H3/t7-/m1/s1. The van der Waals surface area contributed by atoms with Crippen molar-refractivity contribution < 1.29 is 5.11 Å². The monoisotopic (exact) mass is 259 g/mol. The molecule has 1 aromatic heterocycles. The Morgan fingerprint density at radius 1 is 1.71 bits per heavy atom. The maximum atomic E-state index is 9.21. The second kappa shape index (κ2) is 3.90. The van der Waals surface area contributed by atoms with Gasteiger partial charge in [0.1, 0.15) is 10.4 Å². The number of aliphatic hydroxyl groups is 1. The third kappa shape index (κ3) is 1.66. The molecule has 14 heavy (non-hydrogen) atoms. The predicted octanol–water partition coefficient (Wildman–Crippen LogP) is 1.14. The first kappa shape index (κ1) is 9.98. The van der Waals surface area contributed by atoms with E-state index >= 15 is 0 Å². The van der Waals surface area contributed by atoms with E-state index in [1.54, 1.807) is 0 Å². The molecule has 78 valence electrons. The summed E-state index contributed by atoms with van der Waals surface area (Å²) in [6, 6.07) is 2.26. The summed E-state index contributed by atoms with van der Waals surface area (Å²) in [6.07, 6.45) is 2.22. The molecule has 2 heterocycles. The van der Waals surface area contributed by atoms with Gasteiger partial charge in [-0.25, -0.2) is 0 Å². The van der Waals surface area contributed by atoms with E-state index in [1.165, 1.54) is 0 Å². The number of hydrogen-bond donors (Lipinski definition) is 1. The molecule has 0 saturated carbocycles. The van der Waals surface area contributed by atoms with E-state index in [0.29, 0.717) is 0 Å². The van der Waals surface area contributed by atoms with Gasteiger partial charge >= 0.3 is 0 Å². The minimum atomic E-state index is 0.225. The van der Waals surface area contributed by atoms with Crippen molar-refractivity contribution in [1.82, 2.24) is 9.78 Å². The molecule has 0 amide bonds. The van der Waals surface area contributed by atoms with Crippen LogP contribution in [0, 0.1) is 0 Å².